The molecule has 0 aliphatic carbocycles. The second-order valence-corrected chi connectivity index (χ2v) is 7.48. The summed E-state index contributed by atoms with van der Waals surface area (Å²) in [6.45, 7) is 6.11. The Kier molecular flexibility index (Phi) is 6.27. The van der Waals surface area contributed by atoms with Crippen molar-refractivity contribution in [2.75, 3.05) is 39.8 Å². The zero-order valence-electron chi connectivity index (χ0n) is 15.9. The highest BCUT2D eigenvalue weighted by Gasteiger charge is 2.31. The molecule has 2 saturated heterocycles. The number of rotatable bonds is 5. The Morgan fingerprint density at radius 2 is 2.04 bits per heavy atom. The molecule has 0 aromatic heterocycles. The molecule has 2 aliphatic rings. The number of carbonyl (C=O) groups excluding carboxylic acids is 2. The van der Waals surface area contributed by atoms with Crippen LogP contribution in [0.3, 0.4) is 0 Å². The number of benzene rings is 1. The van der Waals surface area contributed by atoms with E-state index in [4.69, 9.17) is 0 Å². The molecule has 1 aromatic rings. The van der Waals surface area contributed by atoms with Gasteiger partial charge in [-0.15, -0.1) is 0 Å². The first-order chi connectivity index (χ1) is 12.5. The van der Waals surface area contributed by atoms with Crippen molar-refractivity contribution in [1.29, 1.82) is 0 Å². The van der Waals surface area contributed by atoms with Crippen molar-refractivity contribution in [1.82, 2.24) is 20.0 Å². The number of hydrogen-bond donors (Lipinski definition) is 1. The lowest BCUT2D eigenvalue weighted by molar-refractivity contribution is -0.142. The summed E-state index contributed by atoms with van der Waals surface area (Å²) in [4.78, 5) is 30.5. The van der Waals surface area contributed by atoms with E-state index in [1.54, 1.807) is 4.90 Å². The minimum atomic E-state index is 0.0176. The third kappa shape index (κ3) is 4.62. The standard InChI is InChI=1S/C20H30N4O2/c1-16-12-18(8-10-23(16)14-17-6-4-3-5-7-17)22(2)20(26)15-24-11-9-21-13-19(24)25/h3-7,16,18,21H,8-15H2,1-2H3/t16-,18-/m1/s1. The van der Waals surface area contributed by atoms with Crippen molar-refractivity contribution in [2.45, 2.75) is 38.4 Å². The maximum Gasteiger partial charge on any atom is 0.242 e. The quantitative estimate of drug-likeness (QED) is 0.851. The zero-order chi connectivity index (χ0) is 18.5. The number of hydrogen-bond acceptors (Lipinski definition) is 4. The molecule has 26 heavy (non-hydrogen) atoms. The molecule has 0 spiro atoms. The van der Waals surface area contributed by atoms with Crippen LogP contribution in [0.4, 0.5) is 0 Å². The summed E-state index contributed by atoms with van der Waals surface area (Å²) < 4.78 is 0. The molecule has 3 rings (SSSR count). The molecular weight excluding hydrogens is 328 g/mol. The van der Waals surface area contributed by atoms with Gasteiger partial charge in [-0.3, -0.25) is 14.5 Å². The van der Waals surface area contributed by atoms with Gasteiger partial charge in [0.25, 0.3) is 0 Å². The fraction of sp³-hybridized carbons (Fsp3) is 0.600. The first-order valence-electron chi connectivity index (χ1n) is 9.56. The maximum atomic E-state index is 12.6. The summed E-state index contributed by atoms with van der Waals surface area (Å²) in [5, 5.41) is 3.04. The number of likely N-dealkylation sites (tertiary alicyclic amines) is 1. The summed E-state index contributed by atoms with van der Waals surface area (Å²) in [6.07, 6.45) is 1.96. The summed E-state index contributed by atoms with van der Waals surface area (Å²) in [7, 11) is 1.89. The monoisotopic (exact) mass is 358 g/mol. The normalized spacial score (nSPS) is 24.5. The van der Waals surface area contributed by atoms with Gasteiger partial charge in [0.15, 0.2) is 0 Å². The van der Waals surface area contributed by atoms with Crippen LogP contribution in [0.5, 0.6) is 0 Å². The molecule has 0 saturated carbocycles. The van der Waals surface area contributed by atoms with Crippen LogP contribution in [-0.2, 0) is 16.1 Å². The molecule has 6 nitrogen and oxygen atoms in total. The number of piperidine rings is 1. The molecule has 2 fully saturated rings. The summed E-state index contributed by atoms with van der Waals surface area (Å²) in [5.41, 5.74) is 1.33. The zero-order valence-corrected chi connectivity index (χ0v) is 15.9. The van der Waals surface area contributed by atoms with Gasteiger partial charge in [-0.25, -0.2) is 0 Å². The molecule has 6 heteroatoms. The van der Waals surface area contributed by atoms with Gasteiger partial charge in [0.2, 0.25) is 11.8 Å². The van der Waals surface area contributed by atoms with Gasteiger partial charge in [-0.2, -0.15) is 0 Å². The molecular formula is C20H30N4O2. The van der Waals surface area contributed by atoms with E-state index in [9.17, 15) is 9.59 Å². The highest BCUT2D eigenvalue weighted by molar-refractivity contribution is 5.86. The first-order valence-corrected chi connectivity index (χ1v) is 9.56. The lowest BCUT2D eigenvalue weighted by Gasteiger charge is -2.41. The van der Waals surface area contributed by atoms with Crippen molar-refractivity contribution in [3.05, 3.63) is 35.9 Å². The van der Waals surface area contributed by atoms with E-state index in [0.717, 1.165) is 32.5 Å². The molecule has 2 amide bonds. The number of likely N-dealkylation sites (N-methyl/N-ethyl adjacent to an activating group) is 1. The Balaban J connectivity index is 1.51. The average molecular weight is 358 g/mol. The van der Waals surface area contributed by atoms with E-state index in [0.29, 0.717) is 19.1 Å². The second kappa shape index (κ2) is 8.64. The molecule has 2 aliphatic heterocycles. The van der Waals surface area contributed by atoms with Crippen LogP contribution < -0.4 is 5.32 Å². The maximum absolute atomic E-state index is 12.6. The topological polar surface area (TPSA) is 55.9 Å². The van der Waals surface area contributed by atoms with Crippen molar-refractivity contribution in [2.24, 2.45) is 0 Å². The summed E-state index contributed by atoms with van der Waals surface area (Å²) in [5.74, 6) is 0.0676. The van der Waals surface area contributed by atoms with Crippen LogP contribution in [0.1, 0.15) is 25.3 Å². The van der Waals surface area contributed by atoms with E-state index in [1.165, 1.54) is 5.56 Å². The van der Waals surface area contributed by atoms with Gasteiger partial charge in [-0.05, 0) is 25.3 Å². The van der Waals surface area contributed by atoms with Crippen molar-refractivity contribution in [3.63, 3.8) is 0 Å². The van der Waals surface area contributed by atoms with E-state index in [1.807, 2.05) is 18.0 Å². The Hall–Kier alpha value is -1.92. The average Bonchev–Trinajstić information content (AvgIpc) is 2.65. The van der Waals surface area contributed by atoms with Crippen LogP contribution in [0.2, 0.25) is 0 Å². The van der Waals surface area contributed by atoms with Crippen LogP contribution in [-0.4, -0.2) is 78.4 Å². The molecule has 1 aromatic carbocycles. The van der Waals surface area contributed by atoms with Gasteiger partial charge < -0.3 is 15.1 Å². The fourth-order valence-electron chi connectivity index (χ4n) is 3.89. The van der Waals surface area contributed by atoms with E-state index >= 15 is 0 Å². The predicted molar refractivity (Wildman–Crippen MR) is 102 cm³/mol. The number of nitrogens with zero attached hydrogens (tertiary/aromatic N) is 3. The molecule has 0 unspecified atom stereocenters. The third-order valence-electron chi connectivity index (χ3n) is 5.67. The van der Waals surface area contributed by atoms with Crippen LogP contribution in [0, 0.1) is 0 Å². The SMILES string of the molecule is C[C@@H]1C[C@H](N(C)C(=O)CN2CCNCC2=O)CCN1Cc1ccccc1. The number of amides is 2. The summed E-state index contributed by atoms with van der Waals surface area (Å²) >= 11 is 0. The molecule has 0 radical (unpaired) electrons. The van der Waals surface area contributed by atoms with Crippen molar-refractivity contribution >= 4 is 11.8 Å². The Morgan fingerprint density at radius 3 is 2.73 bits per heavy atom. The van der Waals surface area contributed by atoms with E-state index in [2.05, 4.69) is 41.4 Å². The lowest BCUT2D eigenvalue weighted by Crippen LogP contribution is -2.54. The van der Waals surface area contributed by atoms with Gasteiger partial charge in [-0.1, -0.05) is 30.3 Å². The smallest absolute Gasteiger partial charge is 0.242 e. The van der Waals surface area contributed by atoms with Gasteiger partial charge in [0, 0.05) is 45.3 Å². The number of piperazine rings is 1. The number of nitrogens with one attached hydrogen (secondary N) is 1. The van der Waals surface area contributed by atoms with Crippen LogP contribution >= 0.6 is 0 Å². The summed E-state index contributed by atoms with van der Waals surface area (Å²) in [6, 6.07) is 11.2. The Bertz CT molecular complexity index is 621. The second-order valence-electron chi connectivity index (χ2n) is 7.48. The Morgan fingerprint density at radius 1 is 1.27 bits per heavy atom. The molecule has 0 bridgehead atoms. The van der Waals surface area contributed by atoms with Crippen molar-refractivity contribution < 1.29 is 9.59 Å². The van der Waals surface area contributed by atoms with E-state index in [-0.39, 0.29) is 24.4 Å². The molecule has 2 atom stereocenters. The number of carbonyl (C=O) groups is 2. The molecule has 1 N–H and O–H groups in total. The highest BCUT2D eigenvalue weighted by atomic mass is 16.2. The fourth-order valence-corrected chi connectivity index (χ4v) is 3.89. The molecule has 2 heterocycles. The first kappa shape index (κ1) is 18.9. The third-order valence-corrected chi connectivity index (χ3v) is 5.67. The minimum Gasteiger partial charge on any atom is -0.341 e. The van der Waals surface area contributed by atoms with Crippen LogP contribution in [0.15, 0.2) is 30.3 Å². The largest absolute Gasteiger partial charge is 0.341 e. The van der Waals surface area contributed by atoms with Gasteiger partial charge >= 0.3 is 0 Å². The highest BCUT2D eigenvalue weighted by Crippen LogP contribution is 2.23. The predicted octanol–water partition coefficient (Wildman–Crippen LogP) is 0.930. The van der Waals surface area contributed by atoms with Crippen molar-refractivity contribution in [3.8, 4) is 0 Å². The van der Waals surface area contributed by atoms with Gasteiger partial charge in [0.05, 0.1) is 13.1 Å². The van der Waals surface area contributed by atoms with Gasteiger partial charge in [0.1, 0.15) is 0 Å². The molecule has 142 valence electrons. The lowest BCUT2D eigenvalue weighted by atomic mass is 9.96. The minimum absolute atomic E-state index is 0.0176. The Labute approximate surface area is 156 Å². The van der Waals surface area contributed by atoms with E-state index < -0.39 is 0 Å². The van der Waals surface area contributed by atoms with Crippen LogP contribution in [0.25, 0.3) is 0 Å².